The Morgan fingerprint density at radius 3 is 2.38 bits per heavy atom. The van der Waals surface area contributed by atoms with E-state index in [2.05, 4.69) is 39.5 Å². The normalized spacial score (nSPS) is 16.6. The summed E-state index contributed by atoms with van der Waals surface area (Å²) in [6, 6.07) is 10.6. The largest absolute Gasteiger partial charge is 0.365 e. The third-order valence-electron chi connectivity index (χ3n) is 6.57. The molecule has 0 radical (unpaired) electrons. The molecule has 0 aliphatic carbocycles. The van der Waals surface area contributed by atoms with Crippen LogP contribution in [0.5, 0.6) is 0 Å². The molecule has 2 aromatic carbocycles. The third-order valence-corrected chi connectivity index (χ3v) is 6.98. The van der Waals surface area contributed by atoms with Crippen LogP contribution < -0.4 is 10.2 Å². The van der Waals surface area contributed by atoms with Crippen molar-refractivity contribution in [2.75, 3.05) is 36.4 Å². The molecular formula is C26H28ClF2N5. The first-order valence-electron chi connectivity index (χ1n) is 11.9. The van der Waals surface area contributed by atoms with Gasteiger partial charge in [-0.3, -0.25) is 4.90 Å². The molecule has 5 rings (SSSR count). The van der Waals surface area contributed by atoms with Crippen molar-refractivity contribution in [3.05, 3.63) is 70.4 Å². The van der Waals surface area contributed by atoms with E-state index >= 15 is 0 Å². The van der Waals surface area contributed by atoms with Crippen LogP contribution in [-0.2, 0) is 13.1 Å². The van der Waals surface area contributed by atoms with Crippen LogP contribution in [0.15, 0.2) is 42.6 Å². The van der Waals surface area contributed by atoms with E-state index in [0.29, 0.717) is 24.7 Å². The van der Waals surface area contributed by atoms with Gasteiger partial charge in [-0.15, -0.1) is 0 Å². The predicted octanol–water partition coefficient (Wildman–Crippen LogP) is 5.88. The lowest BCUT2D eigenvalue weighted by molar-refractivity contribution is 0.277. The fourth-order valence-electron chi connectivity index (χ4n) is 4.67. The zero-order valence-electron chi connectivity index (χ0n) is 19.0. The van der Waals surface area contributed by atoms with Crippen LogP contribution in [0.4, 0.5) is 20.4 Å². The monoisotopic (exact) mass is 483 g/mol. The molecule has 0 bridgehead atoms. The van der Waals surface area contributed by atoms with Gasteiger partial charge in [0.05, 0.1) is 16.9 Å². The van der Waals surface area contributed by atoms with Crippen molar-refractivity contribution >= 4 is 23.2 Å². The molecule has 0 atom stereocenters. The summed E-state index contributed by atoms with van der Waals surface area (Å²) in [7, 11) is 0. The molecule has 3 aromatic rings. The van der Waals surface area contributed by atoms with E-state index in [1.54, 1.807) is 6.20 Å². The van der Waals surface area contributed by atoms with Crippen molar-refractivity contribution in [1.82, 2.24) is 14.9 Å². The fourth-order valence-corrected chi connectivity index (χ4v) is 4.88. The Morgan fingerprint density at radius 2 is 1.62 bits per heavy atom. The Labute approximate surface area is 203 Å². The predicted molar refractivity (Wildman–Crippen MR) is 132 cm³/mol. The first kappa shape index (κ1) is 23.0. The van der Waals surface area contributed by atoms with Gasteiger partial charge in [-0.1, -0.05) is 48.7 Å². The standard InChI is InChI=1S/C26H28ClF2N5/c27-24-20(21(28)9-10-22(24)29)17-34-14-11-30-25-26(34)32-23(15-31-25)19-7-5-18(6-8-19)16-33-12-3-1-2-4-13-33/h5-10,15H,1-4,11-14,16-17H2,(H,30,31). The highest BCUT2D eigenvalue weighted by Gasteiger charge is 2.23. The molecule has 178 valence electrons. The maximum absolute atomic E-state index is 14.4. The number of rotatable bonds is 5. The number of halogens is 3. The van der Waals surface area contributed by atoms with Crippen LogP contribution in [0.1, 0.15) is 36.8 Å². The van der Waals surface area contributed by atoms with Gasteiger partial charge in [0.1, 0.15) is 11.6 Å². The maximum Gasteiger partial charge on any atom is 0.172 e. The summed E-state index contributed by atoms with van der Waals surface area (Å²) in [6.45, 7) is 4.61. The van der Waals surface area contributed by atoms with Gasteiger partial charge in [0.15, 0.2) is 11.6 Å². The topological polar surface area (TPSA) is 44.3 Å². The number of likely N-dealkylation sites (tertiary alicyclic amines) is 1. The summed E-state index contributed by atoms with van der Waals surface area (Å²) in [5.74, 6) is 0.0713. The second kappa shape index (κ2) is 10.2. The summed E-state index contributed by atoms with van der Waals surface area (Å²) in [6.07, 6.45) is 6.96. The summed E-state index contributed by atoms with van der Waals surface area (Å²) < 4.78 is 28.3. The van der Waals surface area contributed by atoms with Crippen LogP contribution in [0.3, 0.4) is 0 Å². The number of fused-ring (bicyclic) bond motifs is 1. The Morgan fingerprint density at radius 1 is 0.882 bits per heavy atom. The molecule has 0 spiro atoms. The quantitative estimate of drug-likeness (QED) is 0.459. The lowest BCUT2D eigenvalue weighted by Crippen LogP contribution is -2.35. The Balaban J connectivity index is 1.36. The average molecular weight is 484 g/mol. The van der Waals surface area contributed by atoms with Gasteiger partial charge in [-0.2, -0.15) is 0 Å². The highest BCUT2D eigenvalue weighted by Crippen LogP contribution is 2.32. The van der Waals surface area contributed by atoms with Gasteiger partial charge in [0, 0.05) is 37.3 Å². The number of aromatic nitrogens is 2. The molecule has 0 unspecified atom stereocenters. The second-order valence-electron chi connectivity index (χ2n) is 8.98. The number of nitrogens with one attached hydrogen (secondary N) is 1. The number of hydrogen-bond donors (Lipinski definition) is 1. The van der Waals surface area contributed by atoms with Crippen molar-refractivity contribution in [3.63, 3.8) is 0 Å². The van der Waals surface area contributed by atoms with Crippen molar-refractivity contribution in [3.8, 4) is 11.3 Å². The first-order valence-corrected chi connectivity index (χ1v) is 12.3. The van der Waals surface area contributed by atoms with E-state index in [4.69, 9.17) is 16.6 Å². The Bertz CT molecular complexity index is 1150. The van der Waals surface area contributed by atoms with E-state index in [9.17, 15) is 8.78 Å². The van der Waals surface area contributed by atoms with Gasteiger partial charge < -0.3 is 10.2 Å². The minimum absolute atomic E-state index is 0.115. The zero-order valence-corrected chi connectivity index (χ0v) is 19.8. The molecule has 0 saturated carbocycles. The molecular weight excluding hydrogens is 456 g/mol. The summed E-state index contributed by atoms with van der Waals surface area (Å²) in [4.78, 5) is 13.8. The van der Waals surface area contributed by atoms with Gasteiger partial charge in [-0.25, -0.2) is 18.7 Å². The van der Waals surface area contributed by atoms with Gasteiger partial charge in [0.25, 0.3) is 0 Å². The minimum atomic E-state index is -0.631. The van der Waals surface area contributed by atoms with Crippen molar-refractivity contribution < 1.29 is 8.78 Å². The molecule has 2 aliphatic rings. The molecule has 8 heteroatoms. The minimum Gasteiger partial charge on any atom is -0.365 e. The van der Waals surface area contributed by atoms with Gasteiger partial charge >= 0.3 is 0 Å². The number of nitrogens with zero attached hydrogens (tertiary/aromatic N) is 4. The van der Waals surface area contributed by atoms with Crippen LogP contribution in [0.2, 0.25) is 5.02 Å². The maximum atomic E-state index is 14.4. The molecule has 2 aliphatic heterocycles. The van der Waals surface area contributed by atoms with Crippen LogP contribution in [0.25, 0.3) is 11.3 Å². The summed E-state index contributed by atoms with van der Waals surface area (Å²) in [5, 5.41) is 3.05. The third kappa shape index (κ3) is 5.00. The molecule has 1 saturated heterocycles. The first-order chi connectivity index (χ1) is 16.6. The molecule has 3 heterocycles. The van der Waals surface area contributed by atoms with Gasteiger partial charge in [-0.05, 0) is 43.6 Å². The van der Waals surface area contributed by atoms with E-state index in [-0.39, 0.29) is 17.1 Å². The molecule has 34 heavy (non-hydrogen) atoms. The lowest BCUT2D eigenvalue weighted by atomic mass is 10.1. The second-order valence-corrected chi connectivity index (χ2v) is 9.36. The van der Waals surface area contributed by atoms with E-state index in [1.807, 2.05) is 4.90 Å². The van der Waals surface area contributed by atoms with Gasteiger partial charge in [0.2, 0.25) is 0 Å². The number of anilines is 2. The van der Waals surface area contributed by atoms with Crippen LogP contribution in [0, 0.1) is 11.6 Å². The highest BCUT2D eigenvalue weighted by atomic mass is 35.5. The zero-order chi connectivity index (χ0) is 23.5. The number of hydrogen-bond acceptors (Lipinski definition) is 5. The van der Waals surface area contributed by atoms with Crippen molar-refractivity contribution in [1.29, 1.82) is 0 Å². The molecule has 1 aromatic heterocycles. The summed E-state index contributed by atoms with van der Waals surface area (Å²) >= 11 is 6.07. The van der Waals surface area contributed by atoms with Crippen LogP contribution in [-0.4, -0.2) is 41.0 Å². The SMILES string of the molecule is Fc1ccc(F)c(CN2CCNc3ncc(-c4ccc(CN5CCCCCC5)cc4)nc32)c1Cl. The van der Waals surface area contributed by atoms with E-state index < -0.39 is 11.6 Å². The van der Waals surface area contributed by atoms with E-state index in [1.165, 1.54) is 31.2 Å². The summed E-state index contributed by atoms with van der Waals surface area (Å²) in [5.41, 5.74) is 3.12. The highest BCUT2D eigenvalue weighted by molar-refractivity contribution is 6.31. The lowest BCUT2D eigenvalue weighted by Gasteiger charge is -2.30. The molecule has 5 nitrogen and oxygen atoms in total. The fraction of sp³-hybridized carbons (Fsp3) is 0.385. The molecule has 1 N–H and O–H groups in total. The van der Waals surface area contributed by atoms with E-state index in [0.717, 1.165) is 43.0 Å². The average Bonchev–Trinajstić information content (AvgIpc) is 3.13. The Hall–Kier alpha value is -2.77. The molecule has 0 amide bonds. The number of benzene rings is 2. The van der Waals surface area contributed by atoms with Crippen LogP contribution >= 0.6 is 11.6 Å². The Kier molecular flexibility index (Phi) is 6.92. The van der Waals surface area contributed by atoms with Crippen molar-refractivity contribution in [2.45, 2.75) is 38.8 Å². The smallest absolute Gasteiger partial charge is 0.172 e. The van der Waals surface area contributed by atoms with Crippen molar-refractivity contribution in [2.24, 2.45) is 0 Å². The molecule has 1 fully saturated rings.